The van der Waals surface area contributed by atoms with Gasteiger partial charge in [-0.15, -0.1) is 11.8 Å². The summed E-state index contributed by atoms with van der Waals surface area (Å²) in [5, 5.41) is 11.2. The number of hydrogen-bond donors (Lipinski definition) is 2. The summed E-state index contributed by atoms with van der Waals surface area (Å²) in [7, 11) is 1.53. The fourth-order valence-corrected chi connectivity index (χ4v) is 4.62. The molecule has 1 aromatic carbocycles. The molecule has 0 saturated carbocycles. The normalized spacial score (nSPS) is 23.0. The summed E-state index contributed by atoms with van der Waals surface area (Å²) in [6.07, 6.45) is 7.70. The Kier molecular flexibility index (Phi) is 7.06. The molecular weight excluding hydrogens is 427 g/mol. The van der Waals surface area contributed by atoms with E-state index in [4.69, 9.17) is 4.74 Å². The number of allylic oxidation sites excluding steroid dienone is 2. The van der Waals surface area contributed by atoms with E-state index in [1.54, 1.807) is 24.0 Å². The van der Waals surface area contributed by atoms with E-state index in [2.05, 4.69) is 32.3 Å². The highest BCUT2D eigenvalue weighted by atomic mass is 32.2. The Morgan fingerprint density at radius 3 is 2.91 bits per heavy atom. The molecule has 2 aliphatic rings. The largest absolute Gasteiger partial charge is 0.496 e. The smallest absolute Gasteiger partial charge is 0.227 e. The van der Waals surface area contributed by atoms with Crippen LogP contribution >= 0.6 is 11.8 Å². The highest BCUT2D eigenvalue weighted by molar-refractivity contribution is 8.03. The second kappa shape index (κ2) is 10.1. The molecular formula is C23H27FN6OS. The molecule has 9 heteroatoms. The average molecular weight is 455 g/mol. The summed E-state index contributed by atoms with van der Waals surface area (Å²) >= 11 is 1.62. The van der Waals surface area contributed by atoms with Gasteiger partial charge in [0.1, 0.15) is 11.6 Å². The maximum absolute atomic E-state index is 13.8. The van der Waals surface area contributed by atoms with Gasteiger partial charge in [0, 0.05) is 35.4 Å². The molecule has 3 heterocycles. The molecule has 32 heavy (non-hydrogen) atoms. The predicted molar refractivity (Wildman–Crippen MR) is 130 cm³/mol. The van der Waals surface area contributed by atoms with E-state index >= 15 is 0 Å². The van der Waals surface area contributed by atoms with Crippen LogP contribution in [0.15, 0.2) is 57.8 Å². The van der Waals surface area contributed by atoms with E-state index in [0.29, 0.717) is 29.2 Å². The number of thioether (sulfide) groups is 1. The number of guanidine groups is 1. The van der Waals surface area contributed by atoms with E-state index < -0.39 is 0 Å². The van der Waals surface area contributed by atoms with Crippen LogP contribution in [0.5, 0.6) is 5.75 Å². The molecule has 0 radical (unpaired) electrons. The summed E-state index contributed by atoms with van der Waals surface area (Å²) in [4.78, 5) is 10.2. The molecule has 0 aliphatic carbocycles. The van der Waals surface area contributed by atoms with Gasteiger partial charge < -0.3 is 15.4 Å². The van der Waals surface area contributed by atoms with Gasteiger partial charge in [0.05, 0.1) is 30.7 Å². The Morgan fingerprint density at radius 1 is 1.31 bits per heavy atom. The van der Waals surface area contributed by atoms with Crippen molar-refractivity contribution in [3.8, 4) is 5.75 Å². The van der Waals surface area contributed by atoms with Crippen molar-refractivity contribution < 1.29 is 9.13 Å². The van der Waals surface area contributed by atoms with Crippen molar-refractivity contribution in [1.29, 1.82) is 0 Å². The number of halogens is 1. The quantitative estimate of drug-likeness (QED) is 0.712. The zero-order chi connectivity index (χ0) is 22.5. The number of benzene rings is 1. The van der Waals surface area contributed by atoms with Crippen molar-refractivity contribution in [3.63, 3.8) is 0 Å². The Morgan fingerprint density at radius 2 is 2.12 bits per heavy atom. The van der Waals surface area contributed by atoms with E-state index in [0.717, 1.165) is 47.7 Å². The first-order valence-electron chi connectivity index (χ1n) is 10.5. The average Bonchev–Trinajstić information content (AvgIpc) is 3.28. The monoisotopic (exact) mass is 454 g/mol. The number of anilines is 1. The second-order valence-electron chi connectivity index (χ2n) is 7.60. The van der Waals surface area contributed by atoms with Gasteiger partial charge in [-0.3, -0.25) is 4.68 Å². The summed E-state index contributed by atoms with van der Waals surface area (Å²) in [5.74, 6) is 1.18. The van der Waals surface area contributed by atoms with Crippen molar-refractivity contribution in [3.05, 3.63) is 59.2 Å². The number of aliphatic imine (C=N–C) groups is 2. The zero-order valence-electron chi connectivity index (χ0n) is 18.3. The first-order chi connectivity index (χ1) is 15.5. The lowest BCUT2D eigenvalue weighted by Crippen LogP contribution is -2.29. The molecule has 0 atom stereocenters. The molecule has 7 nitrogen and oxygen atoms in total. The first kappa shape index (κ1) is 22.3. The third-order valence-corrected chi connectivity index (χ3v) is 6.40. The molecule has 2 N–H and O–H groups in total. The van der Waals surface area contributed by atoms with E-state index in [9.17, 15) is 4.39 Å². The predicted octanol–water partition coefficient (Wildman–Crippen LogP) is 4.49. The standard InChI is InChI=1S/C23H27FN6OS/c1-15-22(20-5-4-17(24)12-21(20)31-3)16(2)32-11-10-26-23(28-15)29-18-13-27-30(14-18)19-6-8-25-9-7-19/h4-5,10,12-14,19,25H,1,6-9,11H2,2-3H3,(H,28,29)/b22-16+,26-10-. The van der Waals surface area contributed by atoms with Gasteiger partial charge in [-0.2, -0.15) is 5.10 Å². The Hall–Kier alpha value is -2.91. The number of rotatable bonds is 4. The molecule has 0 unspecified atom stereocenters. The van der Waals surface area contributed by atoms with Gasteiger partial charge in [-0.25, -0.2) is 14.4 Å². The Labute approximate surface area is 191 Å². The maximum atomic E-state index is 13.8. The Balaban J connectivity index is 1.61. The summed E-state index contributed by atoms with van der Waals surface area (Å²) in [5.41, 5.74) is 2.89. The molecule has 1 fully saturated rings. The van der Waals surface area contributed by atoms with Crippen LogP contribution in [0.25, 0.3) is 5.57 Å². The van der Waals surface area contributed by atoms with Crippen LogP contribution in [0, 0.1) is 5.82 Å². The van der Waals surface area contributed by atoms with Crippen LogP contribution in [-0.2, 0) is 0 Å². The maximum Gasteiger partial charge on any atom is 0.227 e. The molecule has 0 spiro atoms. The number of nitrogens with zero attached hydrogens (tertiary/aromatic N) is 4. The summed E-state index contributed by atoms with van der Waals surface area (Å²) in [6, 6.07) is 4.88. The van der Waals surface area contributed by atoms with Crippen LogP contribution in [0.2, 0.25) is 0 Å². The first-order valence-corrected chi connectivity index (χ1v) is 11.5. The van der Waals surface area contributed by atoms with Crippen LogP contribution in [-0.4, -0.2) is 47.9 Å². The molecule has 4 rings (SSSR count). The zero-order valence-corrected chi connectivity index (χ0v) is 19.1. The van der Waals surface area contributed by atoms with Gasteiger partial charge in [0.15, 0.2) is 0 Å². The minimum absolute atomic E-state index is 0.356. The van der Waals surface area contributed by atoms with Gasteiger partial charge in [0.2, 0.25) is 5.96 Å². The summed E-state index contributed by atoms with van der Waals surface area (Å²) < 4.78 is 21.2. The Bertz CT molecular complexity index is 1080. The summed E-state index contributed by atoms with van der Waals surface area (Å²) in [6.45, 7) is 8.19. The third kappa shape index (κ3) is 5.11. The third-order valence-electron chi connectivity index (χ3n) is 5.44. The minimum atomic E-state index is -0.356. The topological polar surface area (TPSA) is 75.8 Å². The van der Waals surface area contributed by atoms with Crippen LogP contribution in [0.3, 0.4) is 0 Å². The second-order valence-corrected chi connectivity index (χ2v) is 8.83. The lowest BCUT2D eigenvalue weighted by molar-refractivity contribution is 0.343. The van der Waals surface area contributed by atoms with Gasteiger partial charge in [-0.1, -0.05) is 6.58 Å². The van der Waals surface area contributed by atoms with Crippen molar-refractivity contribution in [2.75, 3.05) is 31.3 Å². The van der Waals surface area contributed by atoms with Crippen LogP contribution in [0.4, 0.5) is 10.1 Å². The van der Waals surface area contributed by atoms with Crippen molar-refractivity contribution in [2.24, 2.45) is 9.98 Å². The molecule has 0 bridgehead atoms. The van der Waals surface area contributed by atoms with Crippen molar-refractivity contribution in [2.45, 2.75) is 25.8 Å². The minimum Gasteiger partial charge on any atom is -0.496 e. The van der Waals surface area contributed by atoms with Crippen molar-refractivity contribution in [1.82, 2.24) is 15.1 Å². The highest BCUT2D eigenvalue weighted by Gasteiger charge is 2.19. The fourth-order valence-electron chi connectivity index (χ4n) is 3.85. The number of aromatic nitrogens is 2. The lowest BCUT2D eigenvalue weighted by Gasteiger charge is -2.22. The molecule has 1 aromatic heterocycles. The number of ether oxygens (including phenoxy) is 1. The van der Waals surface area contributed by atoms with Gasteiger partial charge in [-0.05, 0) is 49.9 Å². The SMILES string of the molecule is C=C1/N=C(Nc2cnn(C3CCNCC3)c2)\N=C/CS/C(C)=C\1c1ccc(F)cc1OC. The molecule has 0 amide bonds. The molecule has 2 aromatic rings. The van der Waals surface area contributed by atoms with Gasteiger partial charge >= 0.3 is 0 Å². The van der Waals surface area contributed by atoms with Crippen molar-refractivity contribution >= 4 is 35.2 Å². The number of nitrogens with one attached hydrogen (secondary N) is 2. The number of hydrogen-bond acceptors (Lipinski definition) is 7. The van der Waals surface area contributed by atoms with E-state index in [1.807, 2.05) is 24.0 Å². The van der Waals surface area contributed by atoms with E-state index in [-0.39, 0.29) is 5.82 Å². The molecule has 2 aliphatic heterocycles. The van der Waals surface area contributed by atoms with Crippen LogP contribution < -0.4 is 15.4 Å². The molecule has 1 saturated heterocycles. The highest BCUT2D eigenvalue weighted by Crippen LogP contribution is 2.37. The van der Waals surface area contributed by atoms with Crippen LogP contribution in [0.1, 0.15) is 31.4 Å². The number of methoxy groups -OCH3 is 1. The molecule has 168 valence electrons. The fraction of sp³-hybridized carbons (Fsp3) is 0.348. The number of piperidine rings is 1. The lowest BCUT2D eigenvalue weighted by atomic mass is 10.0. The van der Waals surface area contributed by atoms with Gasteiger partial charge in [0.25, 0.3) is 0 Å². The van der Waals surface area contributed by atoms with E-state index in [1.165, 1.54) is 19.2 Å².